The number of nitrogens with zero attached hydrogens (tertiary/aromatic N) is 2. The number of aromatic nitrogens is 1. The summed E-state index contributed by atoms with van der Waals surface area (Å²) in [6, 6.07) is 13.4. The van der Waals surface area contributed by atoms with Gasteiger partial charge < -0.3 is 9.64 Å². The van der Waals surface area contributed by atoms with Crippen LogP contribution in [0.1, 0.15) is 5.56 Å². The molecule has 2 amide bonds. The van der Waals surface area contributed by atoms with Crippen molar-refractivity contribution in [3.63, 3.8) is 0 Å². The monoisotopic (exact) mass is 357 g/mol. The first kappa shape index (κ1) is 17.3. The number of imide groups is 1. The summed E-state index contributed by atoms with van der Waals surface area (Å²) in [4.78, 5) is 29.1. The summed E-state index contributed by atoms with van der Waals surface area (Å²) in [6.45, 7) is 1.27. The minimum Gasteiger partial charge on any atom is -0.492 e. The summed E-state index contributed by atoms with van der Waals surface area (Å²) >= 11 is 1.05. The van der Waals surface area contributed by atoms with Gasteiger partial charge in [-0.05, 0) is 36.2 Å². The fourth-order valence-corrected chi connectivity index (χ4v) is 3.32. The van der Waals surface area contributed by atoms with Crippen LogP contribution in [0.15, 0.2) is 48.7 Å². The van der Waals surface area contributed by atoms with Crippen LogP contribution in [0.3, 0.4) is 0 Å². The van der Waals surface area contributed by atoms with Crippen molar-refractivity contribution in [1.29, 1.82) is 0 Å². The van der Waals surface area contributed by atoms with Crippen molar-refractivity contribution >= 4 is 28.7 Å². The molecule has 1 fully saturated rings. The predicted octanol–water partition coefficient (Wildman–Crippen LogP) is 2.49. The fourth-order valence-electron chi connectivity index (χ4n) is 2.46. The molecule has 1 aromatic heterocycles. The molecule has 1 aromatic carbocycles. The van der Waals surface area contributed by atoms with E-state index in [0.29, 0.717) is 13.0 Å². The van der Waals surface area contributed by atoms with Crippen LogP contribution >= 0.6 is 11.8 Å². The van der Waals surface area contributed by atoms with E-state index in [9.17, 15) is 9.59 Å². The Kier molecular flexibility index (Phi) is 5.55. The van der Waals surface area contributed by atoms with Crippen molar-refractivity contribution in [3.05, 3.63) is 54.2 Å². The first-order valence-corrected chi connectivity index (χ1v) is 8.85. The SMILES string of the molecule is CN(CCOc1ccc(C[C@H]2SC(=O)NC2=O)cc1)c1ccccn1. The average Bonchev–Trinajstić information content (AvgIpc) is 2.94. The van der Waals surface area contributed by atoms with Crippen molar-refractivity contribution in [3.8, 4) is 5.75 Å². The van der Waals surface area contributed by atoms with E-state index >= 15 is 0 Å². The zero-order chi connectivity index (χ0) is 17.6. The molecule has 1 atom stereocenters. The zero-order valence-corrected chi connectivity index (χ0v) is 14.7. The Morgan fingerprint density at radius 3 is 2.64 bits per heavy atom. The predicted molar refractivity (Wildman–Crippen MR) is 98.1 cm³/mol. The number of rotatable bonds is 7. The topological polar surface area (TPSA) is 71.5 Å². The van der Waals surface area contributed by atoms with Crippen LogP contribution in [0.5, 0.6) is 5.75 Å². The third-order valence-corrected chi connectivity index (χ3v) is 4.83. The number of carbonyl (C=O) groups is 2. The number of benzene rings is 1. The molecule has 25 heavy (non-hydrogen) atoms. The lowest BCUT2D eigenvalue weighted by molar-refractivity contribution is -0.118. The van der Waals surface area contributed by atoms with Crippen molar-refractivity contribution in [2.24, 2.45) is 0 Å². The smallest absolute Gasteiger partial charge is 0.286 e. The lowest BCUT2D eigenvalue weighted by atomic mass is 10.1. The highest BCUT2D eigenvalue weighted by atomic mass is 32.2. The maximum absolute atomic E-state index is 11.6. The first-order chi connectivity index (χ1) is 12.1. The van der Waals surface area contributed by atoms with E-state index in [2.05, 4.69) is 10.3 Å². The molecule has 0 aliphatic carbocycles. The van der Waals surface area contributed by atoms with Crippen LogP contribution in [-0.4, -0.2) is 41.6 Å². The summed E-state index contributed by atoms with van der Waals surface area (Å²) in [5, 5.41) is 1.69. The number of nitrogens with one attached hydrogen (secondary N) is 1. The van der Waals surface area contributed by atoms with Crippen LogP contribution in [0.4, 0.5) is 10.6 Å². The Morgan fingerprint density at radius 1 is 1.20 bits per heavy atom. The van der Waals surface area contributed by atoms with Crippen LogP contribution in [-0.2, 0) is 11.2 Å². The Bertz CT molecular complexity index is 737. The van der Waals surface area contributed by atoms with Gasteiger partial charge in [-0.3, -0.25) is 14.9 Å². The number of anilines is 1. The van der Waals surface area contributed by atoms with Crippen LogP contribution < -0.4 is 15.0 Å². The number of hydrogen-bond donors (Lipinski definition) is 1. The van der Waals surface area contributed by atoms with Gasteiger partial charge >= 0.3 is 0 Å². The molecule has 3 rings (SSSR count). The standard InChI is InChI=1S/C18H19N3O3S/c1-21(16-4-2-3-9-19-16)10-11-24-14-7-5-13(6-8-14)12-15-17(22)20-18(23)25-15/h2-9,15H,10-12H2,1H3,(H,20,22,23)/t15-/m1/s1. The highest BCUT2D eigenvalue weighted by Crippen LogP contribution is 2.23. The maximum atomic E-state index is 11.6. The number of amides is 2. The summed E-state index contributed by atoms with van der Waals surface area (Å²) < 4.78 is 5.75. The molecule has 2 aromatic rings. The molecular formula is C18H19N3O3S. The molecule has 0 saturated carbocycles. The van der Waals surface area contributed by atoms with Gasteiger partial charge in [-0.25, -0.2) is 4.98 Å². The van der Waals surface area contributed by atoms with Crippen LogP contribution in [0.2, 0.25) is 0 Å². The summed E-state index contributed by atoms with van der Waals surface area (Å²) in [6.07, 6.45) is 2.30. The van der Waals surface area contributed by atoms with Gasteiger partial charge in [-0.2, -0.15) is 0 Å². The second kappa shape index (κ2) is 8.02. The quantitative estimate of drug-likeness (QED) is 0.821. The molecule has 130 valence electrons. The Hall–Kier alpha value is -2.54. The highest BCUT2D eigenvalue weighted by molar-refractivity contribution is 8.15. The molecule has 7 heteroatoms. The normalized spacial score (nSPS) is 16.6. The maximum Gasteiger partial charge on any atom is 0.286 e. The number of pyridine rings is 1. The van der Waals surface area contributed by atoms with E-state index in [0.717, 1.165) is 35.4 Å². The minimum atomic E-state index is -0.341. The Morgan fingerprint density at radius 2 is 2.00 bits per heavy atom. The van der Waals surface area contributed by atoms with Crippen LogP contribution in [0.25, 0.3) is 0 Å². The minimum absolute atomic E-state index is 0.215. The van der Waals surface area contributed by atoms with Crippen molar-refractivity contribution in [2.75, 3.05) is 25.1 Å². The number of likely N-dealkylation sites (N-methyl/N-ethyl adjacent to an activating group) is 1. The van der Waals surface area contributed by atoms with E-state index in [4.69, 9.17) is 4.74 Å². The molecule has 1 N–H and O–H groups in total. The van der Waals surface area contributed by atoms with E-state index in [1.54, 1.807) is 6.20 Å². The van der Waals surface area contributed by atoms with Crippen molar-refractivity contribution < 1.29 is 14.3 Å². The van der Waals surface area contributed by atoms with Gasteiger partial charge in [-0.1, -0.05) is 30.0 Å². The van der Waals surface area contributed by atoms with Gasteiger partial charge in [0.25, 0.3) is 5.24 Å². The average molecular weight is 357 g/mol. The lowest BCUT2D eigenvalue weighted by Gasteiger charge is -2.18. The molecule has 2 heterocycles. The molecule has 6 nitrogen and oxygen atoms in total. The second-order valence-electron chi connectivity index (χ2n) is 5.69. The Balaban J connectivity index is 1.46. The van der Waals surface area contributed by atoms with Crippen molar-refractivity contribution in [1.82, 2.24) is 10.3 Å². The largest absolute Gasteiger partial charge is 0.492 e. The molecule has 1 saturated heterocycles. The van der Waals surface area contributed by atoms with Gasteiger partial charge in [0, 0.05) is 13.2 Å². The number of hydrogen-bond acceptors (Lipinski definition) is 6. The van der Waals surface area contributed by atoms with Gasteiger partial charge in [0.15, 0.2) is 0 Å². The first-order valence-electron chi connectivity index (χ1n) is 7.97. The number of carbonyl (C=O) groups excluding carboxylic acids is 2. The third-order valence-electron chi connectivity index (χ3n) is 3.85. The van der Waals surface area contributed by atoms with Crippen LogP contribution in [0, 0.1) is 0 Å². The molecular weight excluding hydrogens is 338 g/mol. The zero-order valence-electron chi connectivity index (χ0n) is 13.8. The molecule has 0 spiro atoms. The number of thioether (sulfide) groups is 1. The van der Waals surface area contributed by atoms with Crippen molar-refractivity contribution in [2.45, 2.75) is 11.7 Å². The number of ether oxygens (including phenoxy) is 1. The summed E-state index contributed by atoms with van der Waals surface area (Å²) in [7, 11) is 1.97. The third kappa shape index (κ3) is 4.73. The highest BCUT2D eigenvalue weighted by Gasteiger charge is 2.31. The summed E-state index contributed by atoms with van der Waals surface area (Å²) in [5.41, 5.74) is 1.00. The van der Waals surface area contributed by atoms with Gasteiger partial charge in [0.05, 0.1) is 11.8 Å². The van der Waals surface area contributed by atoms with E-state index < -0.39 is 0 Å². The second-order valence-corrected chi connectivity index (χ2v) is 6.86. The van der Waals surface area contributed by atoms with Gasteiger partial charge in [-0.15, -0.1) is 0 Å². The molecule has 1 aliphatic rings. The lowest BCUT2D eigenvalue weighted by Crippen LogP contribution is -2.25. The van der Waals surface area contributed by atoms with E-state index in [1.165, 1.54) is 0 Å². The summed E-state index contributed by atoms with van der Waals surface area (Å²) in [5.74, 6) is 1.47. The van der Waals surface area contributed by atoms with Gasteiger partial charge in [0.2, 0.25) is 5.91 Å². The molecule has 0 unspecified atom stereocenters. The Labute approximate surface area is 150 Å². The molecule has 1 aliphatic heterocycles. The fraction of sp³-hybridized carbons (Fsp3) is 0.278. The van der Waals surface area contributed by atoms with E-state index in [1.807, 2.05) is 54.4 Å². The van der Waals surface area contributed by atoms with E-state index in [-0.39, 0.29) is 16.4 Å². The molecule has 0 bridgehead atoms. The molecule has 0 radical (unpaired) electrons. The van der Waals surface area contributed by atoms with Gasteiger partial charge in [0.1, 0.15) is 18.2 Å².